The van der Waals surface area contributed by atoms with E-state index in [1.165, 1.54) is 18.1 Å². The molecule has 19 heavy (non-hydrogen) atoms. The van der Waals surface area contributed by atoms with E-state index in [1.807, 2.05) is 30.3 Å². The van der Waals surface area contributed by atoms with Crippen molar-refractivity contribution in [1.82, 2.24) is 30.2 Å². The van der Waals surface area contributed by atoms with Crippen LogP contribution in [0.4, 0.5) is 0 Å². The maximum absolute atomic E-state index is 4.18. The van der Waals surface area contributed by atoms with Gasteiger partial charge < -0.3 is 0 Å². The molecule has 1 aromatic carbocycles. The summed E-state index contributed by atoms with van der Waals surface area (Å²) in [6, 6.07) is 9.70. The second-order valence-electron chi connectivity index (χ2n) is 3.49. The van der Waals surface area contributed by atoms with Crippen molar-refractivity contribution in [3.05, 3.63) is 47.3 Å². The van der Waals surface area contributed by atoms with Crippen LogP contribution >= 0.6 is 27.7 Å². The molecule has 0 radical (unpaired) electrons. The first kappa shape index (κ1) is 12.2. The number of hydrogen-bond donors (Lipinski definition) is 0. The summed E-state index contributed by atoms with van der Waals surface area (Å²) in [4.78, 5) is 8.11. The summed E-state index contributed by atoms with van der Waals surface area (Å²) < 4.78 is 2.47. The lowest BCUT2D eigenvalue weighted by Crippen LogP contribution is -1.98. The fourth-order valence-electron chi connectivity index (χ4n) is 1.44. The Labute approximate surface area is 121 Å². The molecule has 2 aromatic heterocycles. The summed E-state index contributed by atoms with van der Waals surface area (Å²) in [6.45, 7) is 0. The van der Waals surface area contributed by atoms with Crippen LogP contribution in [0.15, 0.2) is 57.5 Å². The van der Waals surface area contributed by atoms with Gasteiger partial charge in [-0.15, -0.1) is 5.10 Å². The number of para-hydroxylation sites is 1. The first-order chi connectivity index (χ1) is 9.34. The van der Waals surface area contributed by atoms with Gasteiger partial charge in [0.15, 0.2) is 0 Å². The minimum atomic E-state index is 0.644. The lowest BCUT2D eigenvalue weighted by atomic mass is 10.3. The Morgan fingerprint density at radius 1 is 1.16 bits per heavy atom. The van der Waals surface area contributed by atoms with Gasteiger partial charge in [-0.05, 0) is 50.3 Å². The molecule has 3 rings (SSSR count). The Morgan fingerprint density at radius 3 is 2.79 bits per heavy atom. The average molecular weight is 335 g/mol. The summed E-state index contributed by atoms with van der Waals surface area (Å²) in [5, 5.41) is 13.1. The Hall–Kier alpha value is -1.80. The van der Waals surface area contributed by atoms with E-state index in [0.717, 1.165) is 15.2 Å². The fraction of sp³-hybridized carbons (Fsp3) is 0. The van der Waals surface area contributed by atoms with Crippen LogP contribution in [0, 0.1) is 0 Å². The number of aromatic nitrogens is 6. The quantitative estimate of drug-likeness (QED) is 0.685. The summed E-state index contributed by atoms with van der Waals surface area (Å²) in [5.41, 5.74) is 0.903. The molecular weight excluding hydrogens is 328 g/mol. The zero-order chi connectivity index (χ0) is 13.1. The van der Waals surface area contributed by atoms with E-state index >= 15 is 0 Å². The molecule has 0 saturated carbocycles. The van der Waals surface area contributed by atoms with E-state index in [4.69, 9.17) is 0 Å². The van der Waals surface area contributed by atoms with Gasteiger partial charge >= 0.3 is 0 Å². The van der Waals surface area contributed by atoms with Gasteiger partial charge in [-0.2, -0.15) is 4.68 Å². The number of tetrazole rings is 1. The van der Waals surface area contributed by atoms with Crippen LogP contribution in [0.5, 0.6) is 0 Å². The van der Waals surface area contributed by atoms with Gasteiger partial charge in [0.05, 0.1) is 10.2 Å². The van der Waals surface area contributed by atoms with Gasteiger partial charge in [-0.25, -0.2) is 9.97 Å². The second-order valence-corrected chi connectivity index (χ2v) is 5.30. The van der Waals surface area contributed by atoms with E-state index < -0.39 is 0 Å². The second kappa shape index (κ2) is 5.45. The number of benzene rings is 1. The van der Waals surface area contributed by atoms with E-state index in [-0.39, 0.29) is 0 Å². The number of hydrogen-bond acceptors (Lipinski definition) is 6. The lowest BCUT2D eigenvalue weighted by molar-refractivity contribution is 0.755. The fourth-order valence-corrected chi connectivity index (χ4v) is 2.63. The molecule has 0 unspecified atom stereocenters. The number of halogens is 1. The summed E-state index contributed by atoms with van der Waals surface area (Å²) >= 11 is 4.77. The van der Waals surface area contributed by atoms with Crippen LogP contribution < -0.4 is 0 Å². The molecule has 0 N–H and O–H groups in total. The topological polar surface area (TPSA) is 69.4 Å². The predicted molar refractivity (Wildman–Crippen MR) is 73.0 cm³/mol. The number of rotatable bonds is 3. The van der Waals surface area contributed by atoms with Gasteiger partial charge in [0, 0.05) is 6.20 Å². The van der Waals surface area contributed by atoms with E-state index in [2.05, 4.69) is 41.4 Å². The highest BCUT2D eigenvalue weighted by Crippen LogP contribution is 2.30. The standard InChI is InChI=1S/C11H7BrN6S/c12-9-6-13-7-14-10(9)19-11-15-16-17-18(11)8-4-2-1-3-5-8/h1-7H. The highest BCUT2D eigenvalue weighted by molar-refractivity contribution is 9.10. The van der Waals surface area contributed by atoms with Gasteiger partial charge in [0.2, 0.25) is 5.16 Å². The van der Waals surface area contributed by atoms with Crippen LogP contribution in [-0.2, 0) is 0 Å². The van der Waals surface area contributed by atoms with Crippen molar-refractivity contribution >= 4 is 27.7 Å². The van der Waals surface area contributed by atoms with Crippen molar-refractivity contribution < 1.29 is 0 Å². The van der Waals surface area contributed by atoms with E-state index in [9.17, 15) is 0 Å². The smallest absolute Gasteiger partial charge is 0.220 e. The maximum Gasteiger partial charge on any atom is 0.220 e. The van der Waals surface area contributed by atoms with Crippen molar-refractivity contribution in [2.45, 2.75) is 10.2 Å². The SMILES string of the molecule is Brc1cncnc1Sc1nnnn1-c1ccccc1. The third-order valence-corrected chi connectivity index (χ3v) is 4.06. The lowest BCUT2D eigenvalue weighted by Gasteiger charge is -2.03. The van der Waals surface area contributed by atoms with Crippen LogP contribution in [0.3, 0.4) is 0 Å². The first-order valence-corrected chi connectivity index (χ1v) is 6.93. The number of nitrogens with zero attached hydrogens (tertiary/aromatic N) is 6. The molecule has 0 aliphatic heterocycles. The van der Waals surface area contributed by atoms with Crippen LogP contribution in [0.1, 0.15) is 0 Å². The molecule has 94 valence electrons. The maximum atomic E-state index is 4.18. The Kier molecular flexibility index (Phi) is 3.51. The van der Waals surface area contributed by atoms with Gasteiger partial charge in [0.25, 0.3) is 0 Å². The van der Waals surface area contributed by atoms with Gasteiger partial charge in [-0.1, -0.05) is 18.2 Å². The van der Waals surface area contributed by atoms with Crippen molar-refractivity contribution in [2.24, 2.45) is 0 Å². The monoisotopic (exact) mass is 334 g/mol. The predicted octanol–water partition coefficient (Wildman–Crippen LogP) is 2.37. The molecule has 0 amide bonds. The largest absolute Gasteiger partial charge is 0.244 e. The van der Waals surface area contributed by atoms with Crippen LogP contribution in [-0.4, -0.2) is 30.2 Å². The van der Waals surface area contributed by atoms with Gasteiger partial charge in [-0.3, -0.25) is 0 Å². The molecule has 0 atom stereocenters. The Bertz CT molecular complexity index is 686. The van der Waals surface area contributed by atoms with E-state index in [0.29, 0.717) is 5.16 Å². The molecule has 6 nitrogen and oxygen atoms in total. The van der Waals surface area contributed by atoms with Crippen molar-refractivity contribution in [2.75, 3.05) is 0 Å². The summed E-state index contributed by atoms with van der Waals surface area (Å²) in [6.07, 6.45) is 3.18. The molecular formula is C11H7BrN6S. The normalized spacial score (nSPS) is 10.6. The van der Waals surface area contributed by atoms with Crippen molar-refractivity contribution in [1.29, 1.82) is 0 Å². The molecule has 0 spiro atoms. The summed E-state index contributed by atoms with van der Waals surface area (Å²) in [5.74, 6) is 0. The third kappa shape index (κ3) is 2.64. The first-order valence-electron chi connectivity index (χ1n) is 5.32. The third-order valence-electron chi connectivity index (χ3n) is 2.26. The molecule has 0 bridgehead atoms. The molecule has 0 fully saturated rings. The van der Waals surface area contributed by atoms with Crippen LogP contribution in [0.25, 0.3) is 5.69 Å². The minimum Gasteiger partial charge on any atom is -0.244 e. The minimum absolute atomic E-state index is 0.644. The molecule has 0 aliphatic carbocycles. The molecule has 0 aliphatic rings. The van der Waals surface area contributed by atoms with Crippen molar-refractivity contribution in [3.63, 3.8) is 0 Å². The average Bonchev–Trinajstić information content (AvgIpc) is 2.91. The molecule has 8 heteroatoms. The summed E-state index contributed by atoms with van der Waals surface area (Å²) in [7, 11) is 0. The van der Waals surface area contributed by atoms with Gasteiger partial charge in [0.1, 0.15) is 11.4 Å². The molecule has 0 saturated heterocycles. The highest BCUT2D eigenvalue weighted by Gasteiger charge is 2.12. The van der Waals surface area contributed by atoms with Crippen molar-refractivity contribution in [3.8, 4) is 5.69 Å². The molecule has 3 aromatic rings. The Morgan fingerprint density at radius 2 is 2.00 bits per heavy atom. The zero-order valence-electron chi connectivity index (χ0n) is 9.51. The zero-order valence-corrected chi connectivity index (χ0v) is 11.9. The van der Waals surface area contributed by atoms with E-state index in [1.54, 1.807) is 10.9 Å². The molecule has 2 heterocycles. The highest BCUT2D eigenvalue weighted by atomic mass is 79.9. The Balaban J connectivity index is 1.96. The van der Waals surface area contributed by atoms with Crippen LogP contribution in [0.2, 0.25) is 0 Å².